The van der Waals surface area contributed by atoms with Crippen LogP contribution in [-0.4, -0.2) is 60.5 Å². The minimum Gasteiger partial charge on any atom is -0.351 e. The van der Waals surface area contributed by atoms with E-state index in [9.17, 15) is 4.79 Å². The lowest BCUT2D eigenvalue weighted by molar-refractivity contribution is 0.479. The SMILES string of the molecule is CN(c1nc2cnccc2c(=O)n1C)C1CN(c2ccc3nncn3n2)C1. The Bertz CT molecular complexity index is 1210. The van der Waals surface area contributed by atoms with Gasteiger partial charge in [-0.3, -0.25) is 14.3 Å². The van der Waals surface area contributed by atoms with Gasteiger partial charge in [0.1, 0.15) is 12.1 Å². The zero-order valence-electron chi connectivity index (χ0n) is 14.9. The minimum absolute atomic E-state index is 0.0693. The first-order valence-electron chi connectivity index (χ1n) is 8.57. The third-order valence-corrected chi connectivity index (χ3v) is 5.05. The number of rotatable bonds is 3. The molecule has 0 aromatic carbocycles. The van der Waals surface area contributed by atoms with Crippen molar-refractivity contribution in [3.63, 3.8) is 0 Å². The van der Waals surface area contributed by atoms with E-state index in [1.54, 1.807) is 40.9 Å². The topological polar surface area (TPSA) is 97.3 Å². The number of nitrogens with zero attached hydrogens (tertiary/aromatic N) is 9. The molecule has 0 radical (unpaired) electrons. The van der Waals surface area contributed by atoms with Gasteiger partial charge in [0.05, 0.1) is 23.1 Å². The molecule has 4 aromatic heterocycles. The summed E-state index contributed by atoms with van der Waals surface area (Å²) in [5.41, 5.74) is 1.26. The van der Waals surface area contributed by atoms with Crippen molar-refractivity contribution >= 4 is 28.3 Å². The zero-order chi connectivity index (χ0) is 18.5. The van der Waals surface area contributed by atoms with Crippen LogP contribution in [0.15, 0.2) is 41.7 Å². The average Bonchev–Trinajstić information content (AvgIpc) is 3.11. The molecule has 27 heavy (non-hydrogen) atoms. The molecule has 0 bridgehead atoms. The molecular formula is C17H17N9O. The Hall–Kier alpha value is -3.56. The maximum Gasteiger partial charge on any atom is 0.262 e. The monoisotopic (exact) mass is 363 g/mol. The van der Waals surface area contributed by atoms with E-state index in [1.807, 2.05) is 24.1 Å². The predicted molar refractivity (Wildman–Crippen MR) is 100.0 cm³/mol. The number of anilines is 2. The van der Waals surface area contributed by atoms with Gasteiger partial charge in [0.25, 0.3) is 5.56 Å². The molecule has 0 unspecified atom stereocenters. The third-order valence-electron chi connectivity index (χ3n) is 5.05. The smallest absolute Gasteiger partial charge is 0.262 e. The summed E-state index contributed by atoms with van der Waals surface area (Å²) in [7, 11) is 3.71. The van der Waals surface area contributed by atoms with Gasteiger partial charge < -0.3 is 9.80 Å². The van der Waals surface area contributed by atoms with Crippen molar-refractivity contribution in [1.29, 1.82) is 0 Å². The number of pyridine rings is 1. The lowest BCUT2D eigenvalue weighted by Crippen LogP contribution is -2.60. The summed E-state index contributed by atoms with van der Waals surface area (Å²) in [6, 6.07) is 5.77. The van der Waals surface area contributed by atoms with E-state index in [0.717, 1.165) is 24.6 Å². The molecule has 0 amide bonds. The summed E-state index contributed by atoms with van der Waals surface area (Å²) >= 11 is 0. The van der Waals surface area contributed by atoms with Crippen molar-refractivity contribution in [2.24, 2.45) is 7.05 Å². The van der Waals surface area contributed by atoms with Crippen molar-refractivity contribution < 1.29 is 0 Å². The van der Waals surface area contributed by atoms with Crippen molar-refractivity contribution in [2.45, 2.75) is 6.04 Å². The summed E-state index contributed by atoms with van der Waals surface area (Å²) in [5.74, 6) is 1.50. The van der Waals surface area contributed by atoms with Crippen molar-refractivity contribution in [3.8, 4) is 0 Å². The van der Waals surface area contributed by atoms with Gasteiger partial charge in [-0.2, -0.15) is 4.52 Å². The molecule has 1 saturated heterocycles. The molecule has 1 aliphatic heterocycles. The average molecular weight is 363 g/mol. The van der Waals surface area contributed by atoms with E-state index in [2.05, 4.69) is 30.2 Å². The third kappa shape index (κ3) is 2.40. The highest BCUT2D eigenvalue weighted by molar-refractivity contribution is 5.77. The summed E-state index contributed by atoms with van der Waals surface area (Å²) in [5, 5.41) is 12.9. The van der Waals surface area contributed by atoms with Gasteiger partial charge in [0.2, 0.25) is 5.95 Å². The number of aromatic nitrogens is 7. The van der Waals surface area contributed by atoms with Crippen LogP contribution >= 0.6 is 0 Å². The minimum atomic E-state index is -0.0693. The Morgan fingerprint density at radius 2 is 2.07 bits per heavy atom. The molecule has 10 nitrogen and oxygen atoms in total. The molecule has 1 aliphatic rings. The quantitative estimate of drug-likeness (QED) is 0.505. The molecule has 0 saturated carbocycles. The van der Waals surface area contributed by atoms with Crippen LogP contribution in [0.2, 0.25) is 0 Å². The highest BCUT2D eigenvalue weighted by Crippen LogP contribution is 2.24. The lowest BCUT2D eigenvalue weighted by atomic mass is 10.1. The first-order chi connectivity index (χ1) is 13.1. The number of fused-ring (bicyclic) bond motifs is 2. The van der Waals surface area contributed by atoms with Crippen LogP contribution in [0.5, 0.6) is 0 Å². The van der Waals surface area contributed by atoms with Crippen LogP contribution < -0.4 is 15.4 Å². The summed E-state index contributed by atoms with van der Waals surface area (Å²) in [6.45, 7) is 1.58. The Kier molecular flexibility index (Phi) is 3.33. The van der Waals surface area contributed by atoms with Gasteiger partial charge in [-0.1, -0.05) is 0 Å². The Morgan fingerprint density at radius 3 is 2.93 bits per heavy atom. The molecule has 5 rings (SSSR count). The summed E-state index contributed by atoms with van der Waals surface area (Å²) in [4.78, 5) is 25.5. The van der Waals surface area contributed by atoms with E-state index in [-0.39, 0.29) is 11.6 Å². The van der Waals surface area contributed by atoms with Gasteiger partial charge in [-0.05, 0) is 18.2 Å². The fourth-order valence-electron chi connectivity index (χ4n) is 3.36. The maximum absolute atomic E-state index is 12.6. The van der Waals surface area contributed by atoms with Crippen molar-refractivity contribution in [1.82, 2.24) is 34.3 Å². The van der Waals surface area contributed by atoms with E-state index < -0.39 is 0 Å². The Balaban J connectivity index is 1.40. The second-order valence-electron chi connectivity index (χ2n) is 6.66. The second-order valence-corrected chi connectivity index (χ2v) is 6.66. The molecule has 0 aliphatic carbocycles. The molecule has 4 aromatic rings. The first kappa shape index (κ1) is 15.7. The van der Waals surface area contributed by atoms with E-state index in [0.29, 0.717) is 16.9 Å². The van der Waals surface area contributed by atoms with Crippen LogP contribution in [0.1, 0.15) is 0 Å². The molecule has 1 fully saturated rings. The standard InChI is InChI=1S/C17H17N9O/c1-23(17-20-13-7-18-6-5-12(13)16(27)24(17)2)11-8-25(9-11)15-4-3-14-21-19-10-26(14)22-15/h3-7,10-11H,8-9H2,1-2H3. The number of hydrogen-bond acceptors (Lipinski definition) is 8. The number of likely N-dealkylation sites (N-methyl/N-ethyl adjacent to an activating group) is 1. The first-order valence-corrected chi connectivity index (χ1v) is 8.57. The van der Waals surface area contributed by atoms with Gasteiger partial charge in [-0.15, -0.1) is 15.3 Å². The fraction of sp³-hybridized carbons (Fsp3) is 0.294. The van der Waals surface area contributed by atoms with Gasteiger partial charge in [-0.25, -0.2) is 4.98 Å². The molecule has 0 atom stereocenters. The van der Waals surface area contributed by atoms with Crippen LogP contribution in [0.25, 0.3) is 16.6 Å². The molecular weight excluding hydrogens is 346 g/mol. The lowest BCUT2D eigenvalue weighted by Gasteiger charge is -2.45. The fourth-order valence-corrected chi connectivity index (χ4v) is 3.36. The largest absolute Gasteiger partial charge is 0.351 e. The maximum atomic E-state index is 12.6. The Morgan fingerprint density at radius 1 is 1.22 bits per heavy atom. The van der Waals surface area contributed by atoms with Crippen molar-refractivity contribution in [3.05, 3.63) is 47.3 Å². The molecule has 0 spiro atoms. The molecule has 5 heterocycles. The highest BCUT2D eigenvalue weighted by atomic mass is 16.1. The van der Waals surface area contributed by atoms with Crippen LogP contribution in [0.3, 0.4) is 0 Å². The number of hydrogen-bond donors (Lipinski definition) is 0. The van der Waals surface area contributed by atoms with Gasteiger partial charge >= 0.3 is 0 Å². The zero-order valence-corrected chi connectivity index (χ0v) is 14.9. The van der Waals surface area contributed by atoms with Crippen LogP contribution in [0.4, 0.5) is 11.8 Å². The van der Waals surface area contributed by atoms with Gasteiger partial charge in [0.15, 0.2) is 5.65 Å². The summed E-state index contributed by atoms with van der Waals surface area (Å²) in [6.07, 6.45) is 4.82. The van der Waals surface area contributed by atoms with E-state index in [4.69, 9.17) is 0 Å². The Labute approximate surface area is 153 Å². The van der Waals surface area contributed by atoms with Crippen LogP contribution in [-0.2, 0) is 7.05 Å². The predicted octanol–water partition coefficient (Wildman–Crippen LogP) is 0.0912. The van der Waals surface area contributed by atoms with Crippen molar-refractivity contribution in [2.75, 3.05) is 29.9 Å². The van der Waals surface area contributed by atoms with Gasteiger partial charge in [0, 0.05) is 33.4 Å². The van der Waals surface area contributed by atoms with E-state index in [1.165, 1.54) is 0 Å². The normalized spacial score (nSPS) is 14.7. The molecule has 0 N–H and O–H groups in total. The van der Waals surface area contributed by atoms with E-state index >= 15 is 0 Å². The highest BCUT2D eigenvalue weighted by Gasteiger charge is 2.33. The molecule has 10 heteroatoms. The second kappa shape index (κ2) is 5.73. The molecule has 136 valence electrons. The summed E-state index contributed by atoms with van der Waals surface area (Å²) < 4.78 is 3.25. The van der Waals surface area contributed by atoms with Crippen LogP contribution in [0, 0.1) is 0 Å².